The van der Waals surface area contributed by atoms with E-state index in [1.165, 1.54) is 17.2 Å². The highest BCUT2D eigenvalue weighted by Gasteiger charge is 2.49. The Kier molecular flexibility index (Phi) is 6.24. The van der Waals surface area contributed by atoms with Gasteiger partial charge in [0.2, 0.25) is 5.91 Å². The molecule has 0 radical (unpaired) electrons. The Bertz CT molecular complexity index is 1240. The number of alkyl halides is 3. The minimum Gasteiger partial charge on any atom is -0.488 e. The maximum Gasteiger partial charge on any atom is 0.417 e. The third-order valence-electron chi connectivity index (χ3n) is 8.83. The van der Waals surface area contributed by atoms with Crippen LogP contribution >= 0.6 is 0 Å². The third-order valence-corrected chi connectivity index (χ3v) is 8.83. The number of rotatable bonds is 5. The van der Waals surface area contributed by atoms with E-state index in [1.807, 2.05) is 0 Å². The van der Waals surface area contributed by atoms with Crippen LogP contribution in [0.1, 0.15) is 73.9 Å². The topological polar surface area (TPSA) is 45.7 Å². The van der Waals surface area contributed by atoms with E-state index in [-0.39, 0.29) is 18.1 Å². The summed E-state index contributed by atoms with van der Waals surface area (Å²) >= 11 is 0. The molecule has 1 amide bonds. The molecule has 1 atom stereocenters. The second kappa shape index (κ2) is 9.25. The van der Waals surface area contributed by atoms with E-state index in [1.54, 1.807) is 4.90 Å². The number of carbonyl (C=O) groups is 1. The lowest BCUT2D eigenvalue weighted by atomic mass is 9.79. The smallest absolute Gasteiger partial charge is 0.417 e. The zero-order valence-electron chi connectivity index (χ0n) is 22.2. The van der Waals surface area contributed by atoms with Crippen molar-refractivity contribution < 1.29 is 22.7 Å². The number of nitrogens with zero attached hydrogens (tertiary/aromatic N) is 3. The van der Waals surface area contributed by atoms with Gasteiger partial charge >= 0.3 is 6.18 Å². The fourth-order valence-electron chi connectivity index (χ4n) is 6.55. The standard InChI is InChI=1S/C30H36F3N3O2/c1-28(2)9-7-22-13-21(5-6-26(22)38-28)17-35-12-10-29(19-35,15-20-3-4-20)27(37)36-11-8-25-23(18-36)14-24(16-34-25)30(31,32)33/h5-6,13-14,16,20H,3-4,7-12,15,17-19H2,1-2H3. The molecule has 1 unspecified atom stereocenters. The minimum absolute atomic E-state index is 0.107. The molecule has 1 aromatic heterocycles. The normalized spacial score (nSPS) is 25.0. The molecule has 1 saturated heterocycles. The summed E-state index contributed by atoms with van der Waals surface area (Å²) in [7, 11) is 0. The summed E-state index contributed by atoms with van der Waals surface area (Å²) in [6.07, 6.45) is 2.97. The second-order valence-electron chi connectivity index (χ2n) is 12.5. The predicted octanol–water partition coefficient (Wildman–Crippen LogP) is 5.78. The first kappa shape index (κ1) is 25.7. The molecule has 8 heteroatoms. The summed E-state index contributed by atoms with van der Waals surface area (Å²) in [6, 6.07) is 7.64. The van der Waals surface area contributed by atoms with E-state index in [2.05, 4.69) is 41.9 Å². The molecule has 0 N–H and O–H groups in total. The fraction of sp³-hybridized carbons (Fsp3) is 0.600. The van der Waals surface area contributed by atoms with Crippen molar-refractivity contribution >= 4 is 5.91 Å². The van der Waals surface area contributed by atoms with Gasteiger partial charge in [-0.2, -0.15) is 13.2 Å². The first-order chi connectivity index (χ1) is 18.0. The number of aromatic nitrogens is 1. The molecule has 4 aliphatic rings. The number of halogens is 3. The van der Waals surface area contributed by atoms with Crippen LogP contribution in [-0.4, -0.2) is 45.9 Å². The number of pyridine rings is 1. The number of aryl methyl sites for hydroxylation is 1. The molecule has 1 saturated carbocycles. The zero-order chi connectivity index (χ0) is 26.7. The van der Waals surface area contributed by atoms with Crippen molar-refractivity contribution in [2.75, 3.05) is 19.6 Å². The molecule has 5 nitrogen and oxygen atoms in total. The molecular formula is C30H36F3N3O2. The van der Waals surface area contributed by atoms with Gasteiger partial charge in [0.15, 0.2) is 0 Å². The number of fused-ring (bicyclic) bond motifs is 2. The number of hydrogen-bond donors (Lipinski definition) is 0. The van der Waals surface area contributed by atoms with Gasteiger partial charge in [0.25, 0.3) is 0 Å². The van der Waals surface area contributed by atoms with Crippen LogP contribution in [0, 0.1) is 11.3 Å². The fourth-order valence-corrected chi connectivity index (χ4v) is 6.55. The highest BCUT2D eigenvalue weighted by atomic mass is 19.4. The number of amides is 1. The summed E-state index contributed by atoms with van der Waals surface area (Å²) in [5.74, 6) is 1.66. The molecule has 204 valence electrons. The van der Waals surface area contributed by atoms with Crippen LogP contribution in [0.25, 0.3) is 0 Å². The number of hydrogen-bond acceptors (Lipinski definition) is 4. The largest absolute Gasteiger partial charge is 0.488 e. The molecular weight excluding hydrogens is 491 g/mol. The molecule has 2 fully saturated rings. The Hall–Kier alpha value is -2.61. The average molecular weight is 528 g/mol. The van der Waals surface area contributed by atoms with E-state index in [4.69, 9.17) is 4.74 Å². The van der Waals surface area contributed by atoms with E-state index in [0.717, 1.165) is 63.6 Å². The number of carbonyl (C=O) groups excluding carboxylic acids is 1. The minimum atomic E-state index is -4.44. The molecule has 38 heavy (non-hydrogen) atoms. The summed E-state index contributed by atoms with van der Waals surface area (Å²) in [4.78, 5) is 22.3. The lowest BCUT2D eigenvalue weighted by Crippen LogP contribution is -2.47. The highest BCUT2D eigenvalue weighted by molar-refractivity contribution is 5.83. The van der Waals surface area contributed by atoms with E-state index in [0.29, 0.717) is 36.7 Å². The van der Waals surface area contributed by atoms with Crippen molar-refractivity contribution in [2.24, 2.45) is 11.3 Å². The zero-order valence-corrected chi connectivity index (χ0v) is 22.2. The van der Waals surface area contributed by atoms with Crippen LogP contribution in [0.2, 0.25) is 0 Å². The van der Waals surface area contributed by atoms with Gasteiger partial charge in [-0.25, -0.2) is 0 Å². The molecule has 0 bridgehead atoms. The predicted molar refractivity (Wildman–Crippen MR) is 137 cm³/mol. The summed E-state index contributed by atoms with van der Waals surface area (Å²) in [5, 5.41) is 0. The lowest BCUT2D eigenvalue weighted by Gasteiger charge is -2.37. The molecule has 3 aliphatic heterocycles. The van der Waals surface area contributed by atoms with Gasteiger partial charge in [0, 0.05) is 44.5 Å². The van der Waals surface area contributed by atoms with Gasteiger partial charge < -0.3 is 9.64 Å². The van der Waals surface area contributed by atoms with E-state index in [9.17, 15) is 18.0 Å². The van der Waals surface area contributed by atoms with Crippen molar-refractivity contribution in [2.45, 2.75) is 83.7 Å². The summed E-state index contributed by atoms with van der Waals surface area (Å²) < 4.78 is 46.0. The molecule has 1 aromatic carbocycles. The van der Waals surface area contributed by atoms with Gasteiger partial charge in [0.1, 0.15) is 11.4 Å². The van der Waals surface area contributed by atoms with Crippen molar-refractivity contribution in [3.8, 4) is 5.75 Å². The van der Waals surface area contributed by atoms with Gasteiger partial charge in [-0.1, -0.05) is 25.0 Å². The molecule has 2 aromatic rings. The molecule has 1 aliphatic carbocycles. The quantitative estimate of drug-likeness (QED) is 0.495. The molecule has 6 rings (SSSR count). The summed E-state index contributed by atoms with van der Waals surface area (Å²) in [5.41, 5.74) is 2.34. The Morgan fingerprint density at radius 1 is 1.11 bits per heavy atom. The van der Waals surface area contributed by atoms with Crippen LogP contribution in [0.5, 0.6) is 5.75 Å². The molecule has 4 heterocycles. The lowest BCUT2D eigenvalue weighted by molar-refractivity contribution is -0.143. The van der Waals surface area contributed by atoms with Gasteiger partial charge in [-0.05, 0) is 80.8 Å². The average Bonchev–Trinajstić information content (AvgIpc) is 3.59. The van der Waals surface area contributed by atoms with E-state index >= 15 is 0 Å². The monoisotopic (exact) mass is 527 g/mol. The van der Waals surface area contributed by atoms with Crippen molar-refractivity contribution in [3.05, 3.63) is 58.4 Å². The maximum atomic E-state index is 14.1. The SMILES string of the molecule is CC1(C)CCc2cc(CN3CCC(CC4CC4)(C(=O)N4CCc5ncc(C(F)(F)F)cc5C4)C3)ccc2O1. The Balaban J connectivity index is 1.17. The summed E-state index contributed by atoms with van der Waals surface area (Å²) in [6.45, 7) is 7.30. The van der Waals surface area contributed by atoms with Crippen LogP contribution in [0.4, 0.5) is 13.2 Å². The third kappa shape index (κ3) is 5.16. The Morgan fingerprint density at radius 2 is 1.92 bits per heavy atom. The van der Waals surface area contributed by atoms with Crippen LogP contribution in [0.3, 0.4) is 0 Å². The first-order valence-corrected chi connectivity index (χ1v) is 13.9. The van der Waals surface area contributed by atoms with E-state index < -0.39 is 17.2 Å². The van der Waals surface area contributed by atoms with Crippen LogP contribution < -0.4 is 4.74 Å². The van der Waals surface area contributed by atoms with Gasteiger partial charge in [-0.15, -0.1) is 0 Å². The maximum absolute atomic E-state index is 14.1. The Morgan fingerprint density at radius 3 is 2.68 bits per heavy atom. The number of likely N-dealkylation sites (tertiary alicyclic amines) is 1. The van der Waals surface area contributed by atoms with Gasteiger partial charge in [-0.3, -0.25) is 14.7 Å². The van der Waals surface area contributed by atoms with Crippen LogP contribution in [0.15, 0.2) is 30.5 Å². The number of ether oxygens (including phenoxy) is 1. The Labute approximate surface area is 222 Å². The molecule has 0 spiro atoms. The second-order valence-corrected chi connectivity index (χ2v) is 12.5. The van der Waals surface area contributed by atoms with Crippen molar-refractivity contribution in [1.82, 2.24) is 14.8 Å². The number of benzene rings is 1. The highest BCUT2D eigenvalue weighted by Crippen LogP contribution is 2.47. The first-order valence-electron chi connectivity index (χ1n) is 13.9. The van der Waals surface area contributed by atoms with Gasteiger partial charge in [0.05, 0.1) is 11.0 Å². The van der Waals surface area contributed by atoms with Crippen LogP contribution in [-0.2, 0) is 36.9 Å². The van der Waals surface area contributed by atoms with Crippen molar-refractivity contribution in [3.63, 3.8) is 0 Å². The van der Waals surface area contributed by atoms with Crippen molar-refractivity contribution in [1.29, 1.82) is 0 Å².